The molecule has 2 aromatic rings. The smallest absolute Gasteiger partial charge is 0.229 e. The van der Waals surface area contributed by atoms with E-state index in [9.17, 15) is 4.79 Å². The first kappa shape index (κ1) is 14.5. The minimum atomic E-state index is 0.149. The maximum atomic E-state index is 12.6. The first-order chi connectivity index (χ1) is 10.1. The number of likely N-dealkylation sites (tertiary alicyclic amines) is 1. The molecule has 1 aromatic carbocycles. The summed E-state index contributed by atoms with van der Waals surface area (Å²) in [6, 6.07) is 7.98. The topological polar surface area (TPSA) is 33.2 Å². The number of aromatic nitrogens is 1. The normalized spacial score (nSPS) is 18.2. The van der Waals surface area contributed by atoms with E-state index in [0.717, 1.165) is 40.7 Å². The van der Waals surface area contributed by atoms with Gasteiger partial charge in [0.25, 0.3) is 0 Å². The van der Waals surface area contributed by atoms with Crippen molar-refractivity contribution in [2.75, 3.05) is 6.54 Å². The third kappa shape index (κ3) is 3.27. The van der Waals surface area contributed by atoms with Crippen LogP contribution < -0.4 is 0 Å². The van der Waals surface area contributed by atoms with Crippen molar-refractivity contribution in [3.63, 3.8) is 0 Å². The van der Waals surface area contributed by atoms with Gasteiger partial charge < -0.3 is 4.90 Å². The number of aryl methyl sites for hydroxylation is 1. The third-order valence-electron chi connectivity index (χ3n) is 3.81. The molecule has 5 heteroatoms. The summed E-state index contributed by atoms with van der Waals surface area (Å²) in [6.07, 6.45) is 2.43. The van der Waals surface area contributed by atoms with Crippen molar-refractivity contribution < 1.29 is 4.79 Å². The highest BCUT2D eigenvalue weighted by atomic mass is 35.5. The second-order valence-corrected chi connectivity index (χ2v) is 6.83. The molecule has 3 nitrogen and oxygen atoms in total. The number of nitrogens with zero attached hydrogens (tertiary/aromatic N) is 2. The van der Waals surface area contributed by atoms with E-state index in [1.807, 2.05) is 35.4 Å². The van der Waals surface area contributed by atoms with E-state index in [2.05, 4.69) is 11.1 Å². The Morgan fingerprint density at radius 1 is 1.52 bits per heavy atom. The molecule has 1 amide bonds. The zero-order chi connectivity index (χ0) is 14.8. The molecule has 1 aliphatic heterocycles. The number of rotatable bonds is 3. The number of thiazole rings is 1. The fourth-order valence-electron chi connectivity index (χ4n) is 2.87. The minimum Gasteiger partial charge on any atom is -0.335 e. The molecule has 1 fully saturated rings. The molecule has 0 saturated carbocycles. The number of benzene rings is 1. The van der Waals surface area contributed by atoms with E-state index in [0.29, 0.717) is 6.42 Å². The Hall–Kier alpha value is -1.39. The van der Waals surface area contributed by atoms with Crippen LogP contribution in [0.3, 0.4) is 0 Å². The molecular formula is C16H17ClN2OS. The monoisotopic (exact) mass is 320 g/mol. The van der Waals surface area contributed by atoms with Gasteiger partial charge in [-0.2, -0.15) is 0 Å². The molecule has 2 heterocycles. The van der Waals surface area contributed by atoms with Crippen LogP contribution in [0.15, 0.2) is 29.6 Å². The largest absolute Gasteiger partial charge is 0.335 e. The van der Waals surface area contributed by atoms with Crippen molar-refractivity contribution in [2.45, 2.75) is 32.2 Å². The van der Waals surface area contributed by atoms with Crippen LogP contribution in [0.25, 0.3) is 0 Å². The lowest BCUT2D eigenvalue weighted by Gasteiger charge is -2.25. The molecule has 0 bridgehead atoms. The van der Waals surface area contributed by atoms with Gasteiger partial charge in [0.2, 0.25) is 5.91 Å². The second-order valence-electron chi connectivity index (χ2n) is 5.33. The zero-order valence-electron chi connectivity index (χ0n) is 11.9. The Morgan fingerprint density at radius 3 is 3.10 bits per heavy atom. The van der Waals surface area contributed by atoms with Gasteiger partial charge in [0, 0.05) is 16.9 Å². The summed E-state index contributed by atoms with van der Waals surface area (Å²) in [5.41, 5.74) is 2.00. The highest BCUT2D eigenvalue weighted by molar-refractivity contribution is 7.09. The Labute approximate surface area is 133 Å². The van der Waals surface area contributed by atoms with Gasteiger partial charge in [-0.3, -0.25) is 4.79 Å². The molecule has 1 aliphatic rings. The van der Waals surface area contributed by atoms with E-state index in [1.165, 1.54) is 0 Å². The van der Waals surface area contributed by atoms with Gasteiger partial charge in [0.1, 0.15) is 0 Å². The first-order valence-corrected chi connectivity index (χ1v) is 8.35. The fourth-order valence-corrected chi connectivity index (χ4v) is 3.68. The average Bonchev–Trinajstić information content (AvgIpc) is 3.07. The lowest BCUT2D eigenvalue weighted by Crippen LogP contribution is -2.31. The average molecular weight is 321 g/mol. The van der Waals surface area contributed by atoms with Gasteiger partial charge in [0.05, 0.1) is 23.2 Å². The van der Waals surface area contributed by atoms with Crippen LogP contribution in [-0.2, 0) is 11.2 Å². The Morgan fingerprint density at radius 2 is 2.38 bits per heavy atom. The van der Waals surface area contributed by atoms with Crippen molar-refractivity contribution in [3.05, 3.63) is 50.9 Å². The van der Waals surface area contributed by atoms with Crippen LogP contribution in [0.1, 0.15) is 35.1 Å². The van der Waals surface area contributed by atoms with Crippen LogP contribution in [0.4, 0.5) is 0 Å². The maximum absolute atomic E-state index is 12.6. The number of hydrogen-bond acceptors (Lipinski definition) is 3. The van der Waals surface area contributed by atoms with E-state index >= 15 is 0 Å². The number of amides is 1. The fraction of sp³-hybridized carbons (Fsp3) is 0.375. The molecular weight excluding hydrogens is 304 g/mol. The highest BCUT2D eigenvalue weighted by Crippen LogP contribution is 2.33. The SMILES string of the molecule is Cc1nc(CC(=O)N2CCCC2c2cccc(Cl)c2)cs1. The maximum Gasteiger partial charge on any atom is 0.229 e. The first-order valence-electron chi connectivity index (χ1n) is 7.09. The van der Waals surface area contributed by atoms with Crippen molar-refractivity contribution in [1.82, 2.24) is 9.88 Å². The van der Waals surface area contributed by atoms with E-state index in [4.69, 9.17) is 11.6 Å². The molecule has 0 radical (unpaired) electrons. The minimum absolute atomic E-state index is 0.149. The molecule has 1 saturated heterocycles. The van der Waals surface area contributed by atoms with Gasteiger partial charge in [0.15, 0.2) is 0 Å². The number of carbonyl (C=O) groups excluding carboxylic acids is 1. The Kier molecular flexibility index (Phi) is 4.27. The Balaban J connectivity index is 1.75. The van der Waals surface area contributed by atoms with E-state index in [1.54, 1.807) is 11.3 Å². The van der Waals surface area contributed by atoms with Crippen molar-refractivity contribution in [2.24, 2.45) is 0 Å². The summed E-state index contributed by atoms with van der Waals surface area (Å²) < 4.78 is 0. The van der Waals surface area contributed by atoms with Gasteiger partial charge in [-0.05, 0) is 37.5 Å². The van der Waals surface area contributed by atoms with Gasteiger partial charge in [-0.1, -0.05) is 23.7 Å². The molecule has 21 heavy (non-hydrogen) atoms. The Bertz CT molecular complexity index is 655. The summed E-state index contributed by atoms with van der Waals surface area (Å²) in [5.74, 6) is 0.155. The molecule has 0 aliphatic carbocycles. The van der Waals surface area contributed by atoms with E-state index < -0.39 is 0 Å². The van der Waals surface area contributed by atoms with Crippen LogP contribution in [0, 0.1) is 6.92 Å². The summed E-state index contributed by atoms with van der Waals surface area (Å²) in [6.45, 7) is 2.78. The molecule has 0 spiro atoms. The predicted octanol–water partition coefficient (Wildman–Crippen LogP) is 4.01. The van der Waals surface area contributed by atoms with Crippen LogP contribution in [0.5, 0.6) is 0 Å². The summed E-state index contributed by atoms with van der Waals surface area (Å²) in [4.78, 5) is 18.9. The summed E-state index contributed by atoms with van der Waals surface area (Å²) >= 11 is 7.66. The quantitative estimate of drug-likeness (QED) is 0.856. The number of halogens is 1. The number of hydrogen-bond donors (Lipinski definition) is 0. The van der Waals surface area contributed by atoms with Crippen LogP contribution in [0.2, 0.25) is 5.02 Å². The van der Waals surface area contributed by atoms with Crippen molar-refractivity contribution in [3.8, 4) is 0 Å². The summed E-state index contributed by atoms with van der Waals surface area (Å²) in [5, 5.41) is 3.70. The second kappa shape index (κ2) is 6.16. The molecule has 1 unspecified atom stereocenters. The molecule has 1 atom stereocenters. The molecule has 110 valence electrons. The standard InChI is InChI=1S/C16H17ClN2OS/c1-11-18-14(10-21-11)9-16(20)19-7-3-6-15(19)12-4-2-5-13(17)8-12/h2,4-5,8,10,15H,3,6-7,9H2,1H3. The lowest BCUT2D eigenvalue weighted by atomic mass is 10.0. The van der Waals surface area contributed by atoms with Crippen molar-refractivity contribution >= 4 is 28.8 Å². The van der Waals surface area contributed by atoms with Gasteiger partial charge >= 0.3 is 0 Å². The van der Waals surface area contributed by atoms with Gasteiger partial charge in [-0.15, -0.1) is 11.3 Å². The molecule has 0 N–H and O–H groups in total. The van der Waals surface area contributed by atoms with Crippen LogP contribution >= 0.6 is 22.9 Å². The third-order valence-corrected chi connectivity index (χ3v) is 4.86. The summed E-state index contributed by atoms with van der Waals surface area (Å²) in [7, 11) is 0. The van der Waals surface area contributed by atoms with Gasteiger partial charge in [-0.25, -0.2) is 4.98 Å². The molecule has 3 rings (SSSR count). The number of carbonyl (C=O) groups is 1. The highest BCUT2D eigenvalue weighted by Gasteiger charge is 2.30. The predicted molar refractivity (Wildman–Crippen MR) is 85.7 cm³/mol. The molecule has 1 aromatic heterocycles. The van der Waals surface area contributed by atoms with Crippen LogP contribution in [-0.4, -0.2) is 22.3 Å². The van der Waals surface area contributed by atoms with Crippen molar-refractivity contribution in [1.29, 1.82) is 0 Å². The zero-order valence-corrected chi connectivity index (χ0v) is 13.5. The van der Waals surface area contributed by atoms with E-state index in [-0.39, 0.29) is 11.9 Å². The lowest BCUT2D eigenvalue weighted by molar-refractivity contribution is -0.131.